The fourth-order valence-corrected chi connectivity index (χ4v) is 1.61. The van der Waals surface area contributed by atoms with Crippen LogP contribution in [0.1, 0.15) is 15.9 Å². The number of benzene rings is 2. The maximum absolute atomic E-state index is 12.8. The molecular formula is C14H9F3O3. The van der Waals surface area contributed by atoms with Crippen LogP contribution in [0.3, 0.4) is 0 Å². The highest BCUT2D eigenvalue weighted by Crippen LogP contribution is 2.33. The first kappa shape index (κ1) is 13.9. The molecule has 0 atom stereocenters. The van der Waals surface area contributed by atoms with E-state index in [0.717, 1.165) is 12.1 Å². The molecule has 2 aromatic rings. The molecule has 0 unspecified atom stereocenters. The average molecular weight is 282 g/mol. The molecule has 0 fully saturated rings. The molecule has 20 heavy (non-hydrogen) atoms. The fourth-order valence-electron chi connectivity index (χ4n) is 1.61. The summed E-state index contributed by atoms with van der Waals surface area (Å²) >= 11 is 0. The lowest BCUT2D eigenvalue weighted by molar-refractivity contribution is -0.138. The van der Waals surface area contributed by atoms with E-state index in [1.165, 1.54) is 36.4 Å². The minimum atomic E-state index is -4.66. The van der Waals surface area contributed by atoms with Gasteiger partial charge in [0.15, 0.2) is 11.5 Å². The lowest BCUT2D eigenvalue weighted by atomic mass is 10.1. The number of hydrogen-bond donors (Lipinski definition) is 1. The highest BCUT2D eigenvalue weighted by Gasteiger charge is 2.35. The van der Waals surface area contributed by atoms with Gasteiger partial charge in [0.25, 0.3) is 0 Å². The van der Waals surface area contributed by atoms with Crippen LogP contribution in [0.5, 0.6) is 11.5 Å². The van der Waals surface area contributed by atoms with Gasteiger partial charge in [0.05, 0.1) is 11.1 Å². The number of alkyl halides is 3. The molecule has 0 spiro atoms. The smallest absolute Gasteiger partial charge is 0.417 e. The quantitative estimate of drug-likeness (QED) is 0.675. The molecule has 0 saturated carbocycles. The number of phenols is 1. The molecule has 1 N–H and O–H groups in total. The summed E-state index contributed by atoms with van der Waals surface area (Å²) < 4.78 is 43.1. The molecule has 0 aliphatic carbocycles. The summed E-state index contributed by atoms with van der Waals surface area (Å²) in [6, 6.07) is 9.82. The number of hydrogen-bond acceptors (Lipinski definition) is 3. The zero-order chi connectivity index (χ0) is 14.8. The Labute approximate surface area is 112 Å². The molecule has 0 bridgehead atoms. The Kier molecular flexibility index (Phi) is 3.65. The Balaban J connectivity index is 2.34. The first-order valence-corrected chi connectivity index (χ1v) is 5.56. The highest BCUT2D eigenvalue weighted by atomic mass is 19.4. The van der Waals surface area contributed by atoms with E-state index >= 15 is 0 Å². The van der Waals surface area contributed by atoms with Gasteiger partial charge in [-0.1, -0.05) is 24.3 Å². The van der Waals surface area contributed by atoms with Gasteiger partial charge in [0.1, 0.15) is 0 Å². The molecule has 0 saturated heterocycles. The second-order valence-electron chi connectivity index (χ2n) is 3.90. The maximum atomic E-state index is 12.8. The van der Waals surface area contributed by atoms with Crippen LogP contribution >= 0.6 is 0 Å². The first-order valence-electron chi connectivity index (χ1n) is 5.56. The SMILES string of the molecule is O=C(Oc1ccccc1O)c1ccccc1C(F)(F)F. The van der Waals surface area contributed by atoms with Crippen molar-refractivity contribution in [3.8, 4) is 11.5 Å². The van der Waals surface area contributed by atoms with Gasteiger partial charge < -0.3 is 9.84 Å². The van der Waals surface area contributed by atoms with Crippen LogP contribution < -0.4 is 4.74 Å². The van der Waals surface area contributed by atoms with Gasteiger partial charge in [-0.15, -0.1) is 0 Å². The van der Waals surface area contributed by atoms with Crippen LogP contribution in [0, 0.1) is 0 Å². The lowest BCUT2D eigenvalue weighted by Crippen LogP contribution is -2.16. The van der Waals surface area contributed by atoms with Crippen molar-refractivity contribution in [2.75, 3.05) is 0 Å². The van der Waals surface area contributed by atoms with Crippen molar-refractivity contribution in [3.05, 3.63) is 59.7 Å². The second kappa shape index (κ2) is 5.24. The number of aromatic hydroxyl groups is 1. The van der Waals surface area contributed by atoms with E-state index in [2.05, 4.69) is 0 Å². The van der Waals surface area contributed by atoms with Gasteiger partial charge >= 0.3 is 12.1 Å². The van der Waals surface area contributed by atoms with E-state index in [9.17, 15) is 23.1 Å². The van der Waals surface area contributed by atoms with Crippen LogP contribution in [0.4, 0.5) is 13.2 Å². The topological polar surface area (TPSA) is 46.5 Å². The van der Waals surface area contributed by atoms with Gasteiger partial charge in [-0.05, 0) is 24.3 Å². The summed E-state index contributed by atoms with van der Waals surface area (Å²) in [7, 11) is 0. The summed E-state index contributed by atoms with van der Waals surface area (Å²) in [6.07, 6.45) is -4.66. The third-order valence-corrected chi connectivity index (χ3v) is 2.52. The van der Waals surface area contributed by atoms with Crippen molar-refractivity contribution in [2.24, 2.45) is 0 Å². The van der Waals surface area contributed by atoms with Gasteiger partial charge in [-0.3, -0.25) is 0 Å². The standard InChI is InChI=1S/C14H9F3O3/c15-14(16,17)10-6-2-1-5-9(10)13(19)20-12-8-4-3-7-11(12)18/h1-8,18H. The molecule has 0 aliphatic rings. The minimum absolute atomic E-state index is 0.200. The van der Waals surface area contributed by atoms with Crippen molar-refractivity contribution in [1.82, 2.24) is 0 Å². The van der Waals surface area contributed by atoms with E-state index in [1.54, 1.807) is 0 Å². The van der Waals surface area contributed by atoms with E-state index in [1.807, 2.05) is 0 Å². The summed E-state index contributed by atoms with van der Waals surface area (Å²) in [5.41, 5.74) is -1.69. The highest BCUT2D eigenvalue weighted by molar-refractivity contribution is 5.93. The van der Waals surface area contributed by atoms with Crippen LogP contribution in [-0.2, 0) is 6.18 Å². The first-order chi connectivity index (χ1) is 9.39. The number of carbonyl (C=O) groups excluding carboxylic acids is 1. The zero-order valence-corrected chi connectivity index (χ0v) is 10.0. The summed E-state index contributed by atoms with van der Waals surface area (Å²) in [5.74, 6) is -1.71. The molecule has 0 aromatic heterocycles. The molecule has 104 valence electrons. The van der Waals surface area contributed by atoms with Crippen molar-refractivity contribution in [3.63, 3.8) is 0 Å². The number of rotatable bonds is 2. The molecular weight excluding hydrogens is 273 g/mol. The minimum Gasteiger partial charge on any atom is -0.504 e. The average Bonchev–Trinajstić information content (AvgIpc) is 2.40. The second-order valence-corrected chi connectivity index (χ2v) is 3.90. The Morgan fingerprint density at radius 3 is 2.25 bits per heavy atom. The lowest BCUT2D eigenvalue weighted by Gasteiger charge is -2.12. The number of esters is 1. The molecule has 0 radical (unpaired) electrons. The Bertz CT molecular complexity index is 636. The van der Waals surface area contributed by atoms with Gasteiger partial charge in [-0.2, -0.15) is 13.2 Å². The van der Waals surface area contributed by atoms with Crippen molar-refractivity contribution < 1.29 is 27.8 Å². The van der Waals surface area contributed by atoms with Gasteiger partial charge in [0.2, 0.25) is 0 Å². The third-order valence-electron chi connectivity index (χ3n) is 2.52. The van der Waals surface area contributed by atoms with Crippen LogP contribution in [-0.4, -0.2) is 11.1 Å². The zero-order valence-electron chi connectivity index (χ0n) is 10.0. The third kappa shape index (κ3) is 2.90. The van der Waals surface area contributed by atoms with E-state index < -0.39 is 23.3 Å². The van der Waals surface area contributed by atoms with E-state index in [4.69, 9.17) is 4.74 Å². The Morgan fingerprint density at radius 1 is 1.00 bits per heavy atom. The Morgan fingerprint density at radius 2 is 1.60 bits per heavy atom. The monoisotopic (exact) mass is 282 g/mol. The maximum Gasteiger partial charge on any atom is 0.417 e. The Hall–Kier alpha value is -2.50. The fraction of sp³-hybridized carbons (Fsp3) is 0.0714. The van der Waals surface area contributed by atoms with Crippen LogP contribution in [0.25, 0.3) is 0 Å². The predicted molar refractivity (Wildman–Crippen MR) is 64.5 cm³/mol. The number of para-hydroxylation sites is 2. The number of carbonyl (C=O) groups is 1. The normalized spacial score (nSPS) is 11.2. The summed E-state index contributed by atoms with van der Waals surface area (Å²) in [5, 5.41) is 9.44. The molecule has 0 heterocycles. The van der Waals surface area contributed by atoms with E-state index in [-0.39, 0.29) is 11.5 Å². The summed E-state index contributed by atoms with van der Waals surface area (Å²) in [4.78, 5) is 11.8. The van der Waals surface area contributed by atoms with Crippen molar-refractivity contribution >= 4 is 5.97 Å². The van der Waals surface area contributed by atoms with Crippen molar-refractivity contribution in [1.29, 1.82) is 0 Å². The number of phenolic OH excluding ortho intramolecular Hbond substituents is 1. The molecule has 6 heteroatoms. The largest absolute Gasteiger partial charge is 0.504 e. The molecule has 2 rings (SSSR count). The predicted octanol–water partition coefficient (Wildman–Crippen LogP) is 3.63. The van der Waals surface area contributed by atoms with Crippen LogP contribution in [0.15, 0.2) is 48.5 Å². The number of halogens is 3. The van der Waals surface area contributed by atoms with Crippen LogP contribution in [0.2, 0.25) is 0 Å². The van der Waals surface area contributed by atoms with E-state index in [0.29, 0.717) is 0 Å². The van der Waals surface area contributed by atoms with Gasteiger partial charge in [-0.25, -0.2) is 4.79 Å². The molecule has 0 amide bonds. The van der Waals surface area contributed by atoms with Crippen molar-refractivity contribution in [2.45, 2.75) is 6.18 Å². The van der Waals surface area contributed by atoms with Gasteiger partial charge in [0, 0.05) is 0 Å². The molecule has 3 nitrogen and oxygen atoms in total. The molecule has 0 aliphatic heterocycles. The summed E-state index contributed by atoms with van der Waals surface area (Å²) in [6.45, 7) is 0. The number of ether oxygens (including phenoxy) is 1. The molecule has 2 aromatic carbocycles.